The molecule has 0 amide bonds. The van der Waals surface area contributed by atoms with Gasteiger partial charge in [0.1, 0.15) is 0 Å². The highest BCUT2D eigenvalue weighted by Crippen LogP contribution is 2.10. The maximum Gasteiger partial charge on any atom is 0.297 e. The third-order valence-corrected chi connectivity index (χ3v) is 2.84. The van der Waals surface area contributed by atoms with Crippen LogP contribution in [-0.4, -0.2) is 15.0 Å². The third kappa shape index (κ3) is 2.87. The van der Waals surface area contributed by atoms with Crippen LogP contribution in [0.1, 0.15) is 6.42 Å². The van der Waals surface area contributed by atoms with Gasteiger partial charge in [0, 0.05) is 6.42 Å². The van der Waals surface area contributed by atoms with E-state index in [1.165, 1.54) is 12.1 Å². The van der Waals surface area contributed by atoms with Gasteiger partial charge in [-0.1, -0.05) is 18.2 Å². The Labute approximate surface area is 83.8 Å². The van der Waals surface area contributed by atoms with Crippen molar-refractivity contribution in [2.24, 2.45) is 0 Å². The number of terminal acetylenes is 1. The Morgan fingerprint density at radius 3 is 2.50 bits per heavy atom. The number of rotatable bonds is 4. The molecule has 0 aliphatic carbocycles. The Bertz CT molecular complexity index is 414. The minimum Gasteiger partial charge on any atom is -0.265 e. The highest BCUT2D eigenvalue weighted by Gasteiger charge is 2.13. The van der Waals surface area contributed by atoms with Gasteiger partial charge in [-0.05, 0) is 12.1 Å². The van der Waals surface area contributed by atoms with Gasteiger partial charge < -0.3 is 0 Å². The van der Waals surface area contributed by atoms with E-state index in [0.29, 0.717) is 0 Å². The Morgan fingerprint density at radius 2 is 1.93 bits per heavy atom. The minimum absolute atomic E-state index is 0.0216. The Kier molecular flexibility index (Phi) is 3.69. The van der Waals surface area contributed by atoms with Crippen LogP contribution in [0.5, 0.6) is 0 Å². The molecule has 0 fully saturated rings. The lowest BCUT2D eigenvalue weighted by Crippen LogP contribution is -2.06. The highest BCUT2D eigenvalue weighted by molar-refractivity contribution is 7.86. The number of hydrogen-bond donors (Lipinski definition) is 0. The van der Waals surface area contributed by atoms with Crippen LogP contribution >= 0.6 is 0 Å². The second-order valence-electron chi connectivity index (χ2n) is 2.54. The van der Waals surface area contributed by atoms with Crippen LogP contribution in [0.3, 0.4) is 0 Å². The molecule has 0 heterocycles. The zero-order valence-corrected chi connectivity index (χ0v) is 8.33. The summed E-state index contributed by atoms with van der Waals surface area (Å²) in [6.45, 7) is 0.0216. The smallest absolute Gasteiger partial charge is 0.265 e. The van der Waals surface area contributed by atoms with Gasteiger partial charge in [0.15, 0.2) is 0 Å². The first-order valence-electron chi connectivity index (χ1n) is 4.05. The molecule has 0 saturated carbocycles. The first kappa shape index (κ1) is 10.8. The fourth-order valence-corrected chi connectivity index (χ4v) is 1.79. The lowest BCUT2D eigenvalue weighted by Gasteiger charge is -2.02. The van der Waals surface area contributed by atoms with Crippen molar-refractivity contribution in [3.63, 3.8) is 0 Å². The van der Waals surface area contributed by atoms with Crippen LogP contribution in [0.25, 0.3) is 0 Å². The minimum atomic E-state index is -3.63. The summed E-state index contributed by atoms with van der Waals surface area (Å²) >= 11 is 0. The van der Waals surface area contributed by atoms with E-state index in [1.54, 1.807) is 18.2 Å². The average molecular weight is 210 g/mol. The van der Waals surface area contributed by atoms with Crippen molar-refractivity contribution in [3.8, 4) is 12.3 Å². The first-order valence-corrected chi connectivity index (χ1v) is 5.45. The lowest BCUT2D eigenvalue weighted by molar-refractivity contribution is 0.327. The summed E-state index contributed by atoms with van der Waals surface area (Å²) in [6, 6.07) is 7.96. The second kappa shape index (κ2) is 4.80. The molecule has 1 aromatic rings. The summed E-state index contributed by atoms with van der Waals surface area (Å²) in [4.78, 5) is 0.150. The van der Waals surface area contributed by atoms with Crippen LogP contribution in [0.15, 0.2) is 35.2 Å². The van der Waals surface area contributed by atoms with E-state index in [-0.39, 0.29) is 17.9 Å². The highest BCUT2D eigenvalue weighted by atomic mass is 32.2. The predicted molar refractivity (Wildman–Crippen MR) is 53.0 cm³/mol. The zero-order chi connectivity index (χ0) is 10.4. The fourth-order valence-electron chi connectivity index (χ4n) is 0.866. The van der Waals surface area contributed by atoms with Crippen LogP contribution in [0.4, 0.5) is 0 Å². The van der Waals surface area contributed by atoms with Gasteiger partial charge in [-0.2, -0.15) is 8.42 Å². The van der Waals surface area contributed by atoms with E-state index in [2.05, 4.69) is 10.1 Å². The van der Waals surface area contributed by atoms with Gasteiger partial charge in [0.2, 0.25) is 0 Å². The van der Waals surface area contributed by atoms with Crippen molar-refractivity contribution in [1.82, 2.24) is 0 Å². The molecule has 0 bridgehead atoms. The molecule has 14 heavy (non-hydrogen) atoms. The number of hydrogen-bond acceptors (Lipinski definition) is 3. The Morgan fingerprint density at radius 1 is 1.29 bits per heavy atom. The molecule has 0 aliphatic heterocycles. The van der Waals surface area contributed by atoms with E-state index in [9.17, 15) is 8.42 Å². The topological polar surface area (TPSA) is 43.4 Å². The fraction of sp³-hybridized carbons (Fsp3) is 0.200. The molecule has 3 nitrogen and oxygen atoms in total. The summed E-state index contributed by atoms with van der Waals surface area (Å²) in [5.74, 6) is 2.30. The van der Waals surface area contributed by atoms with Crippen molar-refractivity contribution < 1.29 is 12.6 Å². The molecular formula is C10H10O3S. The van der Waals surface area contributed by atoms with Crippen LogP contribution in [0, 0.1) is 12.3 Å². The molecule has 1 rings (SSSR count). The molecule has 0 saturated heterocycles. The summed E-state index contributed by atoms with van der Waals surface area (Å²) in [7, 11) is -3.63. The lowest BCUT2D eigenvalue weighted by atomic mass is 10.4. The largest absolute Gasteiger partial charge is 0.297 e. The standard InChI is InChI=1S/C10H10O3S/c1-2-3-9-13-14(11,12)10-7-5-4-6-8-10/h1,4-8H,3,9H2. The molecular weight excluding hydrogens is 200 g/mol. The first-order chi connectivity index (χ1) is 6.67. The van der Waals surface area contributed by atoms with E-state index in [1.807, 2.05) is 0 Å². The summed E-state index contributed by atoms with van der Waals surface area (Å²) in [5, 5.41) is 0. The van der Waals surface area contributed by atoms with E-state index >= 15 is 0 Å². The van der Waals surface area contributed by atoms with Gasteiger partial charge in [-0.25, -0.2) is 0 Å². The van der Waals surface area contributed by atoms with Gasteiger partial charge in [0.25, 0.3) is 10.1 Å². The van der Waals surface area contributed by atoms with Crippen molar-refractivity contribution in [2.75, 3.05) is 6.61 Å². The molecule has 0 spiro atoms. The molecule has 0 unspecified atom stereocenters. The molecule has 0 aromatic heterocycles. The Hall–Kier alpha value is -1.31. The summed E-state index contributed by atoms with van der Waals surface area (Å²) in [6.07, 6.45) is 5.26. The van der Waals surface area contributed by atoms with E-state index < -0.39 is 10.1 Å². The third-order valence-electron chi connectivity index (χ3n) is 1.52. The maximum absolute atomic E-state index is 11.4. The Balaban J connectivity index is 2.73. The average Bonchev–Trinajstić information content (AvgIpc) is 2.19. The van der Waals surface area contributed by atoms with E-state index in [4.69, 9.17) is 6.42 Å². The SMILES string of the molecule is C#CCCOS(=O)(=O)c1ccccc1. The quantitative estimate of drug-likeness (QED) is 0.429. The monoisotopic (exact) mass is 210 g/mol. The molecule has 0 atom stereocenters. The van der Waals surface area contributed by atoms with Gasteiger partial charge >= 0.3 is 0 Å². The molecule has 0 N–H and O–H groups in total. The van der Waals surface area contributed by atoms with Crippen molar-refractivity contribution in [1.29, 1.82) is 0 Å². The van der Waals surface area contributed by atoms with Crippen molar-refractivity contribution in [3.05, 3.63) is 30.3 Å². The number of benzene rings is 1. The normalized spacial score (nSPS) is 10.8. The van der Waals surface area contributed by atoms with Crippen molar-refractivity contribution in [2.45, 2.75) is 11.3 Å². The maximum atomic E-state index is 11.4. The van der Waals surface area contributed by atoms with Gasteiger partial charge in [-0.15, -0.1) is 12.3 Å². The van der Waals surface area contributed by atoms with Crippen molar-refractivity contribution >= 4 is 10.1 Å². The summed E-state index contributed by atoms with van der Waals surface area (Å²) < 4.78 is 27.5. The molecule has 1 aromatic carbocycles. The molecule has 0 radical (unpaired) electrons. The molecule has 74 valence electrons. The van der Waals surface area contributed by atoms with Gasteiger partial charge in [-0.3, -0.25) is 4.18 Å². The van der Waals surface area contributed by atoms with Crippen LogP contribution < -0.4 is 0 Å². The second-order valence-corrected chi connectivity index (χ2v) is 4.16. The summed E-state index contributed by atoms with van der Waals surface area (Å²) in [5.41, 5.74) is 0. The predicted octanol–water partition coefficient (Wildman–Crippen LogP) is 1.42. The van der Waals surface area contributed by atoms with Crippen LogP contribution in [-0.2, 0) is 14.3 Å². The van der Waals surface area contributed by atoms with E-state index in [0.717, 1.165) is 0 Å². The van der Waals surface area contributed by atoms with Gasteiger partial charge in [0.05, 0.1) is 11.5 Å². The van der Waals surface area contributed by atoms with Crippen LogP contribution in [0.2, 0.25) is 0 Å². The molecule has 4 heteroatoms. The zero-order valence-electron chi connectivity index (χ0n) is 7.51. The molecule has 0 aliphatic rings.